The molecule has 1 aliphatic carbocycles. The normalized spacial score (nSPS) is 32.4. The van der Waals surface area contributed by atoms with Crippen LogP contribution in [0.3, 0.4) is 0 Å². The lowest BCUT2D eigenvalue weighted by molar-refractivity contribution is -0.0203. The number of piperidine rings is 1. The highest BCUT2D eigenvalue weighted by Gasteiger charge is 2.37. The summed E-state index contributed by atoms with van der Waals surface area (Å²) >= 11 is 0. The Labute approximate surface area is 139 Å². The molecule has 1 saturated heterocycles. The molecule has 2 fully saturated rings. The molecule has 4 atom stereocenters. The number of aliphatic hydroxyl groups excluding tert-OH is 1. The summed E-state index contributed by atoms with van der Waals surface area (Å²) in [5, 5.41) is 19.5. The average Bonchev–Trinajstić information content (AvgIpc) is 2.58. The fourth-order valence-corrected chi connectivity index (χ4v) is 4.44. The summed E-state index contributed by atoms with van der Waals surface area (Å²) in [4.78, 5) is 2.58. The van der Waals surface area contributed by atoms with E-state index >= 15 is 0 Å². The molecule has 124 valence electrons. The third-order valence-electron chi connectivity index (χ3n) is 5.75. The van der Waals surface area contributed by atoms with Gasteiger partial charge in [0.1, 0.15) is 0 Å². The van der Waals surface area contributed by atoms with Crippen LogP contribution in [-0.4, -0.2) is 28.7 Å². The van der Waals surface area contributed by atoms with Gasteiger partial charge in [-0.15, -0.1) is 0 Å². The van der Waals surface area contributed by atoms with Crippen molar-refractivity contribution in [3.05, 3.63) is 35.4 Å². The molecule has 1 N–H and O–H groups in total. The van der Waals surface area contributed by atoms with E-state index < -0.39 is 0 Å². The van der Waals surface area contributed by atoms with Gasteiger partial charge < -0.3 is 5.11 Å². The molecule has 23 heavy (non-hydrogen) atoms. The molecule has 3 heteroatoms. The van der Waals surface area contributed by atoms with Crippen molar-refractivity contribution in [3.63, 3.8) is 0 Å². The number of rotatable bonds is 3. The maximum atomic E-state index is 10.5. The average molecular weight is 312 g/mol. The first kappa shape index (κ1) is 16.5. The zero-order valence-corrected chi connectivity index (χ0v) is 14.1. The van der Waals surface area contributed by atoms with Crippen LogP contribution in [0.5, 0.6) is 0 Å². The Morgan fingerprint density at radius 1 is 1.17 bits per heavy atom. The molecule has 0 bridgehead atoms. The molecule has 3 rings (SSSR count). The van der Waals surface area contributed by atoms with Crippen molar-refractivity contribution in [2.75, 3.05) is 6.54 Å². The van der Waals surface area contributed by atoms with Crippen LogP contribution >= 0.6 is 0 Å². The standard InChI is InChI=1S/C20H28N2O/c1-15-5-10-20(23)18(12-15)19-4-2-3-11-22(19)14-17-8-6-16(13-21)7-9-17/h6-9,15,18-20,23H,2-5,10-12,14H2,1H3/t15-,18+,19-,20+/m1/s1. The summed E-state index contributed by atoms with van der Waals surface area (Å²) in [6.07, 6.45) is 6.92. The molecule has 2 aliphatic rings. The van der Waals surface area contributed by atoms with E-state index in [0.717, 1.165) is 37.4 Å². The minimum atomic E-state index is -0.127. The number of nitrogens with zero attached hydrogens (tertiary/aromatic N) is 2. The van der Waals surface area contributed by atoms with Gasteiger partial charge in [-0.3, -0.25) is 4.90 Å². The van der Waals surface area contributed by atoms with Gasteiger partial charge in [0.25, 0.3) is 0 Å². The van der Waals surface area contributed by atoms with Crippen molar-refractivity contribution in [1.82, 2.24) is 4.90 Å². The van der Waals surface area contributed by atoms with Gasteiger partial charge >= 0.3 is 0 Å². The smallest absolute Gasteiger partial charge is 0.0991 e. The number of aliphatic hydroxyl groups is 1. The van der Waals surface area contributed by atoms with Crippen LogP contribution in [0.25, 0.3) is 0 Å². The zero-order chi connectivity index (χ0) is 16.2. The fraction of sp³-hybridized carbons (Fsp3) is 0.650. The van der Waals surface area contributed by atoms with E-state index in [1.165, 1.54) is 31.2 Å². The lowest BCUT2D eigenvalue weighted by Crippen LogP contribution is -2.49. The third kappa shape index (κ3) is 3.94. The molecule has 0 spiro atoms. The van der Waals surface area contributed by atoms with Crippen LogP contribution < -0.4 is 0 Å². The number of benzene rings is 1. The van der Waals surface area contributed by atoms with E-state index in [0.29, 0.717) is 12.0 Å². The predicted molar refractivity (Wildman–Crippen MR) is 91.7 cm³/mol. The molecular weight excluding hydrogens is 284 g/mol. The molecule has 1 heterocycles. The van der Waals surface area contributed by atoms with Crippen molar-refractivity contribution in [2.45, 2.75) is 64.1 Å². The van der Waals surface area contributed by atoms with Crippen LogP contribution in [0, 0.1) is 23.2 Å². The van der Waals surface area contributed by atoms with E-state index in [1.807, 2.05) is 12.1 Å². The molecule has 3 nitrogen and oxygen atoms in total. The second kappa shape index (κ2) is 7.47. The van der Waals surface area contributed by atoms with E-state index in [-0.39, 0.29) is 6.10 Å². The van der Waals surface area contributed by atoms with Gasteiger partial charge in [-0.25, -0.2) is 0 Å². The van der Waals surface area contributed by atoms with Gasteiger partial charge in [0.2, 0.25) is 0 Å². The summed E-state index contributed by atoms with van der Waals surface area (Å²) in [7, 11) is 0. The highest BCUT2D eigenvalue weighted by atomic mass is 16.3. The SMILES string of the molecule is C[C@@H]1CC[C@H](O)[C@H]([C@H]2CCCCN2Cc2ccc(C#N)cc2)C1. The predicted octanol–water partition coefficient (Wildman–Crippen LogP) is 3.71. The van der Waals surface area contributed by atoms with Gasteiger partial charge in [0.15, 0.2) is 0 Å². The number of hydrogen-bond acceptors (Lipinski definition) is 3. The number of nitriles is 1. The minimum Gasteiger partial charge on any atom is -0.393 e. The Kier molecular flexibility index (Phi) is 5.35. The van der Waals surface area contributed by atoms with E-state index in [2.05, 4.69) is 30.0 Å². The monoisotopic (exact) mass is 312 g/mol. The number of likely N-dealkylation sites (tertiary alicyclic amines) is 1. The summed E-state index contributed by atoms with van der Waals surface area (Å²) in [5.41, 5.74) is 2.00. The largest absolute Gasteiger partial charge is 0.393 e. The third-order valence-corrected chi connectivity index (χ3v) is 5.75. The molecule has 0 amide bonds. The summed E-state index contributed by atoms with van der Waals surface area (Å²) in [6.45, 7) is 4.39. The summed E-state index contributed by atoms with van der Waals surface area (Å²) < 4.78 is 0. The van der Waals surface area contributed by atoms with Crippen molar-refractivity contribution < 1.29 is 5.11 Å². The van der Waals surface area contributed by atoms with Crippen LogP contribution in [0.4, 0.5) is 0 Å². The maximum absolute atomic E-state index is 10.5. The van der Waals surface area contributed by atoms with Crippen LogP contribution in [0.1, 0.15) is 56.6 Å². The molecule has 1 aliphatic heterocycles. The lowest BCUT2D eigenvalue weighted by Gasteiger charge is -2.45. The first-order chi connectivity index (χ1) is 11.2. The van der Waals surface area contributed by atoms with Crippen molar-refractivity contribution in [1.29, 1.82) is 5.26 Å². The summed E-state index contributed by atoms with van der Waals surface area (Å²) in [6, 6.07) is 10.7. The van der Waals surface area contributed by atoms with Crippen molar-refractivity contribution in [2.24, 2.45) is 11.8 Å². The van der Waals surface area contributed by atoms with E-state index in [1.54, 1.807) is 0 Å². The first-order valence-corrected chi connectivity index (χ1v) is 9.08. The topological polar surface area (TPSA) is 47.3 Å². The molecule has 0 unspecified atom stereocenters. The van der Waals surface area contributed by atoms with Gasteiger partial charge in [0, 0.05) is 18.5 Å². The molecular formula is C20H28N2O. The van der Waals surface area contributed by atoms with Gasteiger partial charge in [0.05, 0.1) is 17.7 Å². The molecule has 1 saturated carbocycles. The van der Waals surface area contributed by atoms with Crippen LogP contribution in [0.15, 0.2) is 24.3 Å². The Hall–Kier alpha value is -1.37. The Balaban J connectivity index is 1.71. The number of hydrogen-bond donors (Lipinski definition) is 1. The second-order valence-electron chi connectivity index (χ2n) is 7.49. The molecule has 0 aromatic heterocycles. The minimum absolute atomic E-state index is 0.127. The van der Waals surface area contributed by atoms with Crippen molar-refractivity contribution >= 4 is 0 Å². The lowest BCUT2D eigenvalue weighted by atomic mass is 9.74. The van der Waals surface area contributed by atoms with Crippen LogP contribution in [0.2, 0.25) is 0 Å². The quantitative estimate of drug-likeness (QED) is 0.925. The second-order valence-corrected chi connectivity index (χ2v) is 7.49. The molecule has 0 radical (unpaired) electrons. The maximum Gasteiger partial charge on any atom is 0.0991 e. The molecule has 1 aromatic carbocycles. The van der Waals surface area contributed by atoms with Crippen molar-refractivity contribution in [3.8, 4) is 6.07 Å². The summed E-state index contributed by atoms with van der Waals surface area (Å²) in [5.74, 6) is 1.17. The molecule has 1 aromatic rings. The van der Waals surface area contributed by atoms with Crippen LogP contribution in [-0.2, 0) is 6.54 Å². The van der Waals surface area contributed by atoms with Gasteiger partial charge in [-0.2, -0.15) is 5.26 Å². The Bertz CT molecular complexity index is 548. The van der Waals surface area contributed by atoms with Gasteiger partial charge in [-0.1, -0.05) is 25.5 Å². The highest BCUT2D eigenvalue weighted by molar-refractivity contribution is 5.31. The van der Waals surface area contributed by atoms with E-state index in [4.69, 9.17) is 5.26 Å². The first-order valence-electron chi connectivity index (χ1n) is 9.08. The highest BCUT2D eigenvalue weighted by Crippen LogP contribution is 2.37. The Morgan fingerprint density at radius 2 is 1.96 bits per heavy atom. The fourth-order valence-electron chi connectivity index (χ4n) is 4.44. The van der Waals surface area contributed by atoms with E-state index in [9.17, 15) is 5.11 Å². The zero-order valence-electron chi connectivity index (χ0n) is 14.1. The van der Waals surface area contributed by atoms with Gasteiger partial charge in [-0.05, 0) is 62.3 Å². The Morgan fingerprint density at radius 3 is 2.70 bits per heavy atom.